The SMILES string of the molecule is COC(=O)c1cc(-c2csc(NC(=O)c3ccc(-n4ccnc4)cc3)n2)c[nH]1. The van der Waals surface area contributed by atoms with E-state index in [1.165, 1.54) is 18.4 Å². The second kappa shape index (κ2) is 7.49. The maximum atomic E-state index is 12.5. The largest absolute Gasteiger partial charge is 0.464 e. The molecular weight excluding hydrogens is 378 g/mol. The van der Waals surface area contributed by atoms with Crippen molar-refractivity contribution in [2.24, 2.45) is 0 Å². The van der Waals surface area contributed by atoms with Gasteiger partial charge in [0.25, 0.3) is 5.91 Å². The molecule has 0 saturated heterocycles. The number of thiazole rings is 1. The van der Waals surface area contributed by atoms with Gasteiger partial charge >= 0.3 is 5.97 Å². The van der Waals surface area contributed by atoms with Crippen LogP contribution in [0.5, 0.6) is 0 Å². The summed E-state index contributed by atoms with van der Waals surface area (Å²) in [6.45, 7) is 0. The molecule has 0 aliphatic carbocycles. The molecule has 1 aromatic carbocycles. The number of aromatic nitrogens is 4. The molecule has 1 amide bonds. The van der Waals surface area contributed by atoms with Crippen molar-refractivity contribution in [3.63, 3.8) is 0 Å². The Bertz CT molecular complexity index is 1110. The van der Waals surface area contributed by atoms with E-state index in [1.54, 1.807) is 36.9 Å². The van der Waals surface area contributed by atoms with Crippen molar-refractivity contribution in [2.45, 2.75) is 0 Å². The summed E-state index contributed by atoms with van der Waals surface area (Å²) in [5, 5.41) is 5.07. The topological polar surface area (TPSA) is 102 Å². The number of H-pyrrole nitrogens is 1. The van der Waals surface area contributed by atoms with E-state index in [0.717, 1.165) is 11.3 Å². The minimum Gasteiger partial charge on any atom is -0.464 e. The van der Waals surface area contributed by atoms with Crippen LogP contribution in [0.3, 0.4) is 0 Å². The zero-order valence-electron chi connectivity index (χ0n) is 14.7. The summed E-state index contributed by atoms with van der Waals surface area (Å²) < 4.78 is 6.53. The molecule has 3 aromatic heterocycles. The molecule has 0 unspecified atom stereocenters. The van der Waals surface area contributed by atoms with Gasteiger partial charge in [-0.2, -0.15) is 0 Å². The molecule has 0 fully saturated rings. The first-order valence-electron chi connectivity index (χ1n) is 8.26. The van der Waals surface area contributed by atoms with Gasteiger partial charge in [-0.15, -0.1) is 11.3 Å². The molecule has 0 aliphatic rings. The summed E-state index contributed by atoms with van der Waals surface area (Å²) in [4.78, 5) is 35.2. The van der Waals surface area contributed by atoms with Crippen molar-refractivity contribution < 1.29 is 14.3 Å². The molecule has 4 rings (SSSR count). The average Bonchev–Trinajstić information content (AvgIpc) is 3.48. The predicted molar refractivity (Wildman–Crippen MR) is 105 cm³/mol. The third kappa shape index (κ3) is 3.55. The monoisotopic (exact) mass is 393 g/mol. The number of nitrogens with one attached hydrogen (secondary N) is 2. The Hall–Kier alpha value is -3.72. The number of aromatic amines is 1. The van der Waals surface area contributed by atoms with Gasteiger partial charge < -0.3 is 14.3 Å². The van der Waals surface area contributed by atoms with E-state index in [0.29, 0.717) is 22.1 Å². The lowest BCUT2D eigenvalue weighted by molar-refractivity contribution is 0.0594. The van der Waals surface area contributed by atoms with Crippen molar-refractivity contribution in [1.29, 1.82) is 0 Å². The minimum atomic E-state index is -0.450. The van der Waals surface area contributed by atoms with Crippen molar-refractivity contribution in [2.75, 3.05) is 12.4 Å². The minimum absolute atomic E-state index is 0.248. The first-order chi connectivity index (χ1) is 13.6. The Morgan fingerprint density at radius 2 is 2.07 bits per heavy atom. The standard InChI is InChI=1S/C19H15N5O3S/c1-27-18(26)15-8-13(9-21-15)16-10-28-19(22-16)23-17(25)12-2-4-14(5-3-12)24-7-6-20-11-24/h2-11,21H,1H3,(H,22,23,25). The van der Waals surface area contributed by atoms with Gasteiger partial charge in [-0.1, -0.05) is 0 Å². The van der Waals surface area contributed by atoms with Crippen LogP contribution < -0.4 is 5.32 Å². The first kappa shape index (κ1) is 17.7. The van der Waals surface area contributed by atoms with Crippen molar-refractivity contribution >= 4 is 28.3 Å². The van der Waals surface area contributed by atoms with Crippen LogP contribution in [0.2, 0.25) is 0 Å². The lowest BCUT2D eigenvalue weighted by Gasteiger charge is -2.04. The predicted octanol–water partition coefficient (Wildman–Crippen LogP) is 3.36. The lowest BCUT2D eigenvalue weighted by atomic mass is 10.2. The number of anilines is 1. The van der Waals surface area contributed by atoms with Gasteiger partial charge in [0.1, 0.15) is 5.69 Å². The van der Waals surface area contributed by atoms with E-state index in [9.17, 15) is 9.59 Å². The second-order valence-electron chi connectivity index (χ2n) is 5.80. The highest BCUT2D eigenvalue weighted by Crippen LogP contribution is 2.26. The smallest absolute Gasteiger partial charge is 0.354 e. The number of imidazole rings is 1. The highest BCUT2D eigenvalue weighted by Gasteiger charge is 2.13. The number of rotatable bonds is 5. The van der Waals surface area contributed by atoms with Crippen LogP contribution in [0.25, 0.3) is 16.9 Å². The first-order valence-corrected chi connectivity index (χ1v) is 9.14. The third-order valence-electron chi connectivity index (χ3n) is 4.04. The van der Waals surface area contributed by atoms with Gasteiger partial charge in [-0.25, -0.2) is 14.8 Å². The highest BCUT2D eigenvalue weighted by atomic mass is 32.1. The van der Waals surface area contributed by atoms with Crippen molar-refractivity contribution in [1.82, 2.24) is 19.5 Å². The molecule has 0 aliphatic heterocycles. The summed E-state index contributed by atoms with van der Waals surface area (Å²) in [5.41, 5.74) is 3.17. The number of hydrogen-bond acceptors (Lipinski definition) is 6. The normalized spacial score (nSPS) is 10.6. The lowest BCUT2D eigenvalue weighted by Crippen LogP contribution is -2.11. The molecule has 0 spiro atoms. The Morgan fingerprint density at radius 3 is 2.79 bits per heavy atom. The summed E-state index contributed by atoms with van der Waals surface area (Å²) in [5.74, 6) is -0.698. The summed E-state index contributed by atoms with van der Waals surface area (Å²) >= 11 is 1.31. The fourth-order valence-corrected chi connectivity index (χ4v) is 3.31. The van der Waals surface area contributed by atoms with Crippen LogP contribution in [0.15, 0.2) is 60.6 Å². The quantitative estimate of drug-likeness (QED) is 0.506. The van der Waals surface area contributed by atoms with E-state index in [2.05, 4.69) is 25.0 Å². The summed E-state index contributed by atoms with van der Waals surface area (Å²) in [7, 11) is 1.32. The Balaban J connectivity index is 1.45. The zero-order chi connectivity index (χ0) is 19.5. The number of ether oxygens (including phenoxy) is 1. The van der Waals surface area contributed by atoms with Crippen molar-refractivity contribution in [3.05, 3.63) is 71.9 Å². The van der Waals surface area contributed by atoms with Crippen LogP contribution >= 0.6 is 11.3 Å². The third-order valence-corrected chi connectivity index (χ3v) is 4.80. The van der Waals surface area contributed by atoms with Crippen LogP contribution in [0.1, 0.15) is 20.8 Å². The number of carbonyl (C=O) groups excluding carboxylic acids is 2. The Morgan fingerprint density at radius 1 is 1.25 bits per heavy atom. The fourth-order valence-electron chi connectivity index (χ4n) is 2.60. The summed E-state index contributed by atoms with van der Waals surface area (Å²) in [6.07, 6.45) is 6.89. The van der Waals surface area contributed by atoms with E-state index < -0.39 is 5.97 Å². The second-order valence-corrected chi connectivity index (χ2v) is 6.66. The van der Waals surface area contributed by atoms with Gasteiger partial charge in [0.2, 0.25) is 0 Å². The van der Waals surface area contributed by atoms with E-state index >= 15 is 0 Å². The highest BCUT2D eigenvalue weighted by molar-refractivity contribution is 7.14. The van der Waals surface area contributed by atoms with Crippen LogP contribution in [-0.4, -0.2) is 38.5 Å². The number of benzene rings is 1. The summed E-state index contributed by atoms with van der Waals surface area (Å²) in [6, 6.07) is 8.83. The number of amides is 1. The maximum absolute atomic E-state index is 12.5. The van der Waals surface area contributed by atoms with Gasteiger partial charge in [-0.3, -0.25) is 10.1 Å². The molecule has 8 nitrogen and oxygen atoms in total. The zero-order valence-corrected chi connectivity index (χ0v) is 15.6. The maximum Gasteiger partial charge on any atom is 0.354 e. The molecule has 28 heavy (non-hydrogen) atoms. The van der Waals surface area contributed by atoms with Crippen LogP contribution in [0.4, 0.5) is 5.13 Å². The molecule has 140 valence electrons. The Kier molecular flexibility index (Phi) is 4.73. The molecule has 3 heterocycles. The van der Waals surface area contributed by atoms with Crippen LogP contribution in [0, 0.1) is 0 Å². The molecule has 2 N–H and O–H groups in total. The van der Waals surface area contributed by atoms with E-state index in [4.69, 9.17) is 0 Å². The number of methoxy groups -OCH3 is 1. The molecule has 9 heteroatoms. The van der Waals surface area contributed by atoms with Crippen molar-refractivity contribution in [3.8, 4) is 16.9 Å². The van der Waals surface area contributed by atoms with Gasteiger partial charge in [-0.05, 0) is 30.3 Å². The molecule has 0 bridgehead atoms. The van der Waals surface area contributed by atoms with Gasteiger partial charge in [0.05, 0.1) is 19.1 Å². The van der Waals surface area contributed by atoms with E-state index in [-0.39, 0.29) is 5.91 Å². The molecular formula is C19H15N5O3S. The van der Waals surface area contributed by atoms with Crippen LogP contribution in [-0.2, 0) is 4.74 Å². The molecule has 0 saturated carbocycles. The van der Waals surface area contributed by atoms with Gasteiger partial charge in [0.15, 0.2) is 5.13 Å². The van der Waals surface area contributed by atoms with Gasteiger partial charge in [0, 0.05) is 40.8 Å². The number of esters is 1. The molecule has 0 radical (unpaired) electrons. The van der Waals surface area contributed by atoms with E-state index in [1.807, 2.05) is 28.3 Å². The number of hydrogen-bond donors (Lipinski definition) is 2. The average molecular weight is 393 g/mol. The Labute approximate surface area is 163 Å². The number of nitrogens with zero attached hydrogens (tertiary/aromatic N) is 3. The fraction of sp³-hybridized carbons (Fsp3) is 0.0526. The molecule has 0 atom stereocenters. The molecule has 4 aromatic rings. The number of carbonyl (C=O) groups is 2.